The number of hydrogen-bond acceptors (Lipinski definition) is 5. The summed E-state index contributed by atoms with van der Waals surface area (Å²) >= 11 is 3.86. The normalized spacial score (nSPS) is 18.1. The van der Waals surface area contributed by atoms with E-state index in [9.17, 15) is 4.79 Å². The first kappa shape index (κ1) is 15.4. The van der Waals surface area contributed by atoms with Gasteiger partial charge < -0.3 is 5.32 Å². The van der Waals surface area contributed by atoms with Gasteiger partial charge in [-0.1, -0.05) is 12.1 Å². The molecule has 22 heavy (non-hydrogen) atoms. The number of rotatable bonds is 5. The van der Waals surface area contributed by atoms with Gasteiger partial charge in [0.25, 0.3) is 0 Å². The van der Waals surface area contributed by atoms with Gasteiger partial charge in [0.1, 0.15) is 12.7 Å². The van der Waals surface area contributed by atoms with Crippen molar-refractivity contribution in [1.82, 2.24) is 20.1 Å². The molecule has 1 saturated heterocycles. The van der Waals surface area contributed by atoms with Crippen LogP contribution in [0.5, 0.6) is 0 Å². The van der Waals surface area contributed by atoms with E-state index in [2.05, 4.69) is 15.4 Å². The number of aromatic nitrogens is 3. The van der Waals surface area contributed by atoms with Crippen LogP contribution in [0.3, 0.4) is 0 Å². The van der Waals surface area contributed by atoms with Crippen molar-refractivity contribution in [1.29, 1.82) is 0 Å². The Hall–Kier alpha value is -1.47. The van der Waals surface area contributed by atoms with E-state index in [1.165, 1.54) is 12.1 Å². The predicted octanol–water partition coefficient (Wildman–Crippen LogP) is 2.12. The van der Waals surface area contributed by atoms with E-state index in [0.717, 1.165) is 22.8 Å². The van der Waals surface area contributed by atoms with Crippen LogP contribution in [0, 0.1) is 0 Å². The Morgan fingerprint density at radius 3 is 3.14 bits per heavy atom. The van der Waals surface area contributed by atoms with Crippen molar-refractivity contribution in [2.75, 3.05) is 17.3 Å². The maximum absolute atomic E-state index is 12.0. The van der Waals surface area contributed by atoms with Crippen molar-refractivity contribution in [3.63, 3.8) is 0 Å². The van der Waals surface area contributed by atoms with Gasteiger partial charge in [0.15, 0.2) is 0 Å². The fraction of sp³-hybridized carbons (Fsp3) is 0.400. The number of hydrogen-bond donors (Lipinski definition) is 1. The lowest BCUT2D eigenvalue weighted by atomic mass is 10.2. The zero-order valence-electron chi connectivity index (χ0n) is 12.1. The molecule has 1 aromatic heterocycles. The molecule has 2 heterocycles. The molecule has 0 bridgehead atoms. The number of nitrogens with one attached hydrogen (secondary N) is 1. The maximum atomic E-state index is 12.0. The SMILES string of the molecule is O=C(CC1CSCCS1)NCc1cccc(-n2cncn2)c1. The van der Waals surface area contributed by atoms with E-state index in [-0.39, 0.29) is 5.91 Å². The van der Waals surface area contributed by atoms with Gasteiger partial charge in [0.2, 0.25) is 5.91 Å². The van der Waals surface area contributed by atoms with Crippen LogP contribution in [-0.4, -0.2) is 43.2 Å². The summed E-state index contributed by atoms with van der Waals surface area (Å²) in [6.07, 6.45) is 3.78. The minimum Gasteiger partial charge on any atom is -0.352 e. The third kappa shape index (κ3) is 4.27. The molecule has 1 aliphatic rings. The molecule has 0 aliphatic carbocycles. The lowest BCUT2D eigenvalue weighted by molar-refractivity contribution is -0.121. The molecule has 2 aromatic rings. The van der Waals surface area contributed by atoms with Crippen molar-refractivity contribution in [2.24, 2.45) is 0 Å². The summed E-state index contributed by atoms with van der Waals surface area (Å²) in [4.78, 5) is 16.0. The molecule has 3 rings (SSSR count). The van der Waals surface area contributed by atoms with Gasteiger partial charge in [-0.15, -0.1) is 0 Å². The molecule has 5 nitrogen and oxygen atoms in total. The molecule has 1 aliphatic heterocycles. The smallest absolute Gasteiger partial charge is 0.221 e. The van der Waals surface area contributed by atoms with Crippen LogP contribution in [0.15, 0.2) is 36.9 Å². The van der Waals surface area contributed by atoms with Gasteiger partial charge >= 0.3 is 0 Å². The Morgan fingerprint density at radius 1 is 1.41 bits per heavy atom. The number of benzene rings is 1. The topological polar surface area (TPSA) is 59.8 Å². The average molecular weight is 334 g/mol. The highest BCUT2D eigenvalue weighted by Gasteiger charge is 2.17. The van der Waals surface area contributed by atoms with E-state index >= 15 is 0 Å². The molecule has 116 valence electrons. The standard InChI is InChI=1S/C15H18N4OS2/c20-15(7-14-9-21-4-5-22-14)17-8-12-2-1-3-13(6-12)19-11-16-10-18-19/h1-3,6,10-11,14H,4-5,7-9H2,(H,17,20). The van der Waals surface area contributed by atoms with Gasteiger partial charge in [-0.2, -0.15) is 28.6 Å². The number of amides is 1. The first-order chi connectivity index (χ1) is 10.8. The summed E-state index contributed by atoms with van der Waals surface area (Å²) in [7, 11) is 0. The average Bonchev–Trinajstić information content (AvgIpc) is 3.09. The molecule has 0 saturated carbocycles. The monoisotopic (exact) mass is 334 g/mol. The fourth-order valence-corrected chi connectivity index (χ4v) is 4.96. The van der Waals surface area contributed by atoms with E-state index < -0.39 is 0 Å². The van der Waals surface area contributed by atoms with Crippen molar-refractivity contribution in [2.45, 2.75) is 18.2 Å². The highest BCUT2D eigenvalue weighted by atomic mass is 32.2. The quantitative estimate of drug-likeness (QED) is 0.908. The van der Waals surface area contributed by atoms with E-state index in [4.69, 9.17) is 0 Å². The lowest BCUT2D eigenvalue weighted by Crippen LogP contribution is -2.28. The minimum absolute atomic E-state index is 0.131. The largest absolute Gasteiger partial charge is 0.352 e. The molecule has 1 N–H and O–H groups in total. The summed E-state index contributed by atoms with van der Waals surface area (Å²) in [5.74, 6) is 3.58. The van der Waals surface area contributed by atoms with Crippen molar-refractivity contribution < 1.29 is 4.79 Å². The van der Waals surface area contributed by atoms with Crippen molar-refractivity contribution in [3.05, 3.63) is 42.5 Å². The third-order valence-electron chi connectivity index (χ3n) is 3.38. The van der Waals surface area contributed by atoms with Crippen molar-refractivity contribution >= 4 is 29.4 Å². The molecular formula is C15H18N4OS2. The summed E-state index contributed by atoms with van der Waals surface area (Å²) in [5.41, 5.74) is 2.01. The summed E-state index contributed by atoms with van der Waals surface area (Å²) in [6, 6.07) is 7.95. The number of carbonyl (C=O) groups excluding carboxylic acids is 1. The number of nitrogens with zero attached hydrogens (tertiary/aromatic N) is 3. The molecule has 1 aromatic carbocycles. The summed E-state index contributed by atoms with van der Waals surface area (Å²) < 4.78 is 1.71. The van der Waals surface area contributed by atoms with E-state index in [1.54, 1.807) is 11.0 Å². The van der Waals surface area contributed by atoms with Gasteiger partial charge in [-0.3, -0.25) is 4.79 Å². The maximum Gasteiger partial charge on any atom is 0.221 e. The highest BCUT2D eigenvalue weighted by Crippen LogP contribution is 2.26. The Labute approximate surface area is 138 Å². The van der Waals surface area contributed by atoms with Gasteiger partial charge in [-0.25, -0.2) is 9.67 Å². The Morgan fingerprint density at radius 2 is 2.36 bits per heavy atom. The second kappa shape index (κ2) is 7.69. The fourth-order valence-electron chi connectivity index (χ4n) is 2.28. The Balaban J connectivity index is 1.52. The van der Waals surface area contributed by atoms with Crippen molar-refractivity contribution in [3.8, 4) is 5.69 Å². The van der Waals surface area contributed by atoms with Gasteiger partial charge in [-0.05, 0) is 17.7 Å². The number of thioether (sulfide) groups is 2. The lowest BCUT2D eigenvalue weighted by Gasteiger charge is -2.20. The molecule has 1 fully saturated rings. The third-order valence-corrected chi connectivity index (χ3v) is 6.23. The van der Waals surface area contributed by atoms with E-state index in [1.807, 2.05) is 47.8 Å². The van der Waals surface area contributed by atoms with Crippen LogP contribution in [0.25, 0.3) is 5.69 Å². The van der Waals surface area contributed by atoms with Crippen LogP contribution in [0.1, 0.15) is 12.0 Å². The molecule has 0 radical (unpaired) electrons. The van der Waals surface area contributed by atoms with Crippen LogP contribution in [0.2, 0.25) is 0 Å². The molecule has 0 spiro atoms. The first-order valence-corrected chi connectivity index (χ1v) is 9.41. The highest BCUT2D eigenvalue weighted by molar-refractivity contribution is 8.06. The molecular weight excluding hydrogens is 316 g/mol. The van der Waals surface area contributed by atoms with Gasteiger partial charge in [0, 0.05) is 35.5 Å². The summed E-state index contributed by atoms with van der Waals surface area (Å²) in [5, 5.41) is 7.58. The Kier molecular flexibility index (Phi) is 5.39. The van der Waals surface area contributed by atoms with Gasteiger partial charge in [0.05, 0.1) is 5.69 Å². The molecule has 1 amide bonds. The van der Waals surface area contributed by atoms with Crippen LogP contribution in [0.4, 0.5) is 0 Å². The van der Waals surface area contributed by atoms with E-state index in [0.29, 0.717) is 18.2 Å². The number of carbonyl (C=O) groups is 1. The zero-order valence-corrected chi connectivity index (χ0v) is 13.8. The predicted molar refractivity (Wildman–Crippen MR) is 91.4 cm³/mol. The molecule has 1 unspecified atom stereocenters. The zero-order chi connectivity index (χ0) is 15.2. The molecule has 1 atom stereocenters. The minimum atomic E-state index is 0.131. The second-order valence-electron chi connectivity index (χ2n) is 5.06. The molecule has 7 heteroatoms. The van der Waals surface area contributed by atoms with Crippen LogP contribution in [-0.2, 0) is 11.3 Å². The van der Waals surface area contributed by atoms with Crippen LogP contribution < -0.4 is 5.32 Å². The second-order valence-corrected chi connectivity index (χ2v) is 7.62. The Bertz CT molecular complexity index is 612. The first-order valence-electron chi connectivity index (χ1n) is 7.21. The van der Waals surface area contributed by atoms with Crippen LogP contribution >= 0.6 is 23.5 Å². The summed E-state index contributed by atoms with van der Waals surface area (Å²) in [6.45, 7) is 0.548.